The zero-order valence-electron chi connectivity index (χ0n) is 8.47. The summed E-state index contributed by atoms with van der Waals surface area (Å²) >= 11 is 11.6. The second kappa shape index (κ2) is 4.69. The Kier molecular flexibility index (Phi) is 3.77. The van der Waals surface area contributed by atoms with Crippen molar-refractivity contribution in [3.05, 3.63) is 39.4 Å². The van der Waals surface area contributed by atoms with Crippen LogP contribution in [0.25, 0.3) is 5.57 Å². The van der Waals surface area contributed by atoms with Gasteiger partial charge in [-0.2, -0.15) is 0 Å². The molecule has 0 unspecified atom stereocenters. The van der Waals surface area contributed by atoms with Gasteiger partial charge in [0, 0.05) is 5.57 Å². The summed E-state index contributed by atoms with van der Waals surface area (Å²) in [6.07, 6.45) is 0. The molecular weight excluding hydrogens is 233 g/mol. The number of rotatable bonds is 2. The summed E-state index contributed by atoms with van der Waals surface area (Å²) in [5.74, 6) is -0.464. The lowest BCUT2D eigenvalue weighted by atomic mass is 10.0. The van der Waals surface area contributed by atoms with Gasteiger partial charge in [0.2, 0.25) is 5.91 Å². The van der Waals surface area contributed by atoms with Gasteiger partial charge in [0.1, 0.15) is 0 Å². The van der Waals surface area contributed by atoms with E-state index in [2.05, 4.69) is 0 Å². The molecule has 15 heavy (non-hydrogen) atoms. The standard InChI is InChI=1S/C11H11Cl2NO/c1-6(2)10(11(14)15)7-3-4-8(12)9(13)5-7/h3-5H,1-2H3,(H2,14,15). The van der Waals surface area contributed by atoms with Crippen molar-refractivity contribution in [2.75, 3.05) is 0 Å². The summed E-state index contributed by atoms with van der Waals surface area (Å²) in [5.41, 5.74) is 7.30. The Morgan fingerprint density at radius 1 is 1.20 bits per heavy atom. The summed E-state index contributed by atoms with van der Waals surface area (Å²) in [4.78, 5) is 11.2. The molecule has 0 saturated heterocycles. The second-order valence-electron chi connectivity index (χ2n) is 3.37. The molecule has 80 valence electrons. The van der Waals surface area contributed by atoms with Crippen LogP contribution in [-0.4, -0.2) is 5.91 Å². The zero-order chi connectivity index (χ0) is 11.6. The van der Waals surface area contributed by atoms with Crippen LogP contribution >= 0.6 is 23.2 Å². The Bertz CT molecular complexity index is 434. The average molecular weight is 244 g/mol. The maximum atomic E-state index is 11.2. The van der Waals surface area contributed by atoms with Crippen LogP contribution < -0.4 is 5.73 Å². The molecule has 0 spiro atoms. The van der Waals surface area contributed by atoms with E-state index in [0.717, 1.165) is 5.57 Å². The Hall–Kier alpha value is -0.990. The maximum Gasteiger partial charge on any atom is 0.249 e. The molecule has 0 heterocycles. The minimum atomic E-state index is -0.464. The number of halogens is 2. The van der Waals surface area contributed by atoms with E-state index < -0.39 is 5.91 Å². The van der Waals surface area contributed by atoms with Crippen molar-refractivity contribution >= 4 is 34.7 Å². The number of nitrogens with two attached hydrogens (primary N) is 1. The first kappa shape index (κ1) is 12.1. The largest absolute Gasteiger partial charge is 0.366 e. The van der Waals surface area contributed by atoms with E-state index in [1.807, 2.05) is 13.8 Å². The number of allylic oxidation sites excluding steroid dienone is 1. The smallest absolute Gasteiger partial charge is 0.249 e. The molecule has 0 aromatic heterocycles. The number of benzene rings is 1. The molecule has 0 aliphatic rings. The molecule has 1 aromatic rings. The third-order valence-electron chi connectivity index (χ3n) is 1.95. The predicted molar refractivity (Wildman–Crippen MR) is 63.9 cm³/mol. The van der Waals surface area contributed by atoms with Crippen LogP contribution in [0, 0.1) is 0 Å². The van der Waals surface area contributed by atoms with Crippen molar-refractivity contribution in [2.24, 2.45) is 5.73 Å². The van der Waals surface area contributed by atoms with Gasteiger partial charge in [-0.05, 0) is 31.5 Å². The molecular formula is C11H11Cl2NO. The highest BCUT2D eigenvalue weighted by Gasteiger charge is 2.11. The lowest BCUT2D eigenvalue weighted by Crippen LogP contribution is -2.14. The van der Waals surface area contributed by atoms with E-state index in [-0.39, 0.29) is 0 Å². The fraction of sp³-hybridized carbons (Fsp3) is 0.182. The minimum Gasteiger partial charge on any atom is -0.366 e. The van der Waals surface area contributed by atoms with Gasteiger partial charge >= 0.3 is 0 Å². The molecule has 0 saturated carbocycles. The van der Waals surface area contributed by atoms with Gasteiger partial charge in [-0.1, -0.05) is 34.8 Å². The van der Waals surface area contributed by atoms with Crippen LogP contribution in [-0.2, 0) is 4.79 Å². The van der Waals surface area contributed by atoms with Gasteiger partial charge < -0.3 is 5.73 Å². The van der Waals surface area contributed by atoms with Crippen molar-refractivity contribution in [1.29, 1.82) is 0 Å². The second-order valence-corrected chi connectivity index (χ2v) is 4.18. The van der Waals surface area contributed by atoms with Gasteiger partial charge in [0.05, 0.1) is 10.0 Å². The molecule has 2 N–H and O–H groups in total. The van der Waals surface area contributed by atoms with Crippen molar-refractivity contribution < 1.29 is 4.79 Å². The number of carbonyl (C=O) groups is 1. The predicted octanol–water partition coefficient (Wildman–Crippen LogP) is 3.27. The first-order chi connectivity index (χ1) is 6.93. The summed E-state index contributed by atoms with van der Waals surface area (Å²) in [5, 5.41) is 0.868. The maximum absolute atomic E-state index is 11.2. The molecule has 0 fully saturated rings. The molecule has 1 aromatic carbocycles. The van der Waals surface area contributed by atoms with E-state index in [0.29, 0.717) is 21.2 Å². The number of primary amides is 1. The van der Waals surface area contributed by atoms with Gasteiger partial charge in [-0.25, -0.2) is 0 Å². The minimum absolute atomic E-state index is 0.411. The average Bonchev–Trinajstić information content (AvgIpc) is 2.10. The van der Waals surface area contributed by atoms with Crippen LogP contribution in [0.15, 0.2) is 23.8 Å². The third kappa shape index (κ3) is 2.74. The van der Waals surface area contributed by atoms with Crippen LogP contribution in [0.2, 0.25) is 10.0 Å². The molecule has 0 bridgehead atoms. The fourth-order valence-electron chi connectivity index (χ4n) is 1.33. The topological polar surface area (TPSA) is 43.1 Å². The lowest BCUT2D eigenvalue weighted by molar-refractivity contribution is -0.112. The Morgan fingerprint density at radius 3 is 2.20 bits per heavy atom. The molecule has 1 amide bonds. The summed E-state index contributed by atoms with van der Waals surface area (Å²) in [6, 6.07) is 5.00. The fourth-order valence-corrected chi connectivity index (χ4v) is 1.63. The number of hydrogen-bond acceptors (Lipinski definition) is 1. The van der Waals surface area contributed by atoms with Gasteiger partial charge in [-0.15, -0.1) is 0 Å². The van der Waals surface area contributed by atoms with Crippen molar-refractivity contribution in [3.8, 4) is 0 Å². The van der Waals surface area contributed by atoms with Gasteiger partial charge in [-0.3, -0.25) is 4.79 Å². The Labute approximate surface area is 98.7 Å². The molecule has 0 atom stereocenters. The van der Waals surface area contributed by atoms with E-state index in [9.17, 15) is 4.79 Å². The quantitative estimate of drug-likeness (QED) is 0.797. The zero-order valence-corrected chi connectivity index (χ0v) is 9.99. The monoisotopic (exact) mass is 243 g/mol. The summed E-state index contributed by atoms with van der Waals surface area (Å²) in [6.45, 7) is 3.64. The van der Waals surface area contributed by atoms with Crippen molar-refractivity contribution in [1.82, 2.24) is 0 Å². The Morgan fingerprint density at radius 2 is 1.80 bits per heavy atom. The van der Waals surface area contributed by atoms with Gasteiger partial charge in [0.15, 0.2) is 0 Å². The highest BCUT2D eigenvalue weighted by atomic mass is 35.5. The first-order valence-electron chi connectivity index (χ1n) is 4.36. The van der Waals surface area contributed by atoms with Crippen molar-refractivity contribution in [3.63, 3.8) is 0 Å². The highest BCUT2D eigenvalue weighted by Crippen LogP contribution is 2.27. The molecule has 0 radical (unpaired) electrons. The lowest BCUT2D eigenvalue weighted by Gasteiger charge is -2.07. The van der Waals surface area contributed by atoms with E-state index in [4.69, 9.17) is 28.9 Å². The summed E-state index contributed by atoms with van der Waals surface area (Å²) < 4.78 is 0. The molecule has 1 rings (SSSR count). The molecule has 0 aliphatic heterocycles. The SMILES string of the molecule is CC(C)=C(C(N)=O)c1ccc(Cl)c(Cl)c1. The van der Waals surface area contributed by atoms with Crippen molar-refractivity contribution in [2.45, 2.75) is 13.8 Å². The van der Waals surface area contributed by atoms with E-state index in [1.54, 1.807) is 18.2 Å². The van der Waals surface area contributed by atoms with E-state index >= 15 is 0 Å². The third-order valence-corrected chi connectivity index (χ3v) is 2.69. The number of amides is 1. The molecule has 0 aliphatic carbocycles. The number of hydrogen-bond donors (Lipinski definition) is 1. The van der Waals surface area contributed by atoms with Crippen LogP contribution in [0.5, 0.6) is 0 Å². The van der Waals surface area contributed by atoms with Crippen LogP contribution in [0.4, 0.5) is 0 Å². The Balaban J connectivity index is 3.32. The number of carbonyl (C=O) groups excluding carboxylic acids is 1. The van der Waals surface area contributed by atoms with Crippen LogP contribution in [0.1, 0.15) is 19.4 Å². The normalized spacial score (nSPS) is 9.87. The van der Waals surface area contributed by atoms with E-state index in [1.165, 1.54) is 0 Å². The van der Waals surface area contributed by atoms with Gasteiger partial charge in [0.25, 0.3) is 0 Å². The highest BCUT2D eigenvalue weighted by molar-refractivity contribution is 6.42. The molecule has 2 nitrogen and oxygen atoms in total. The molecule has 4 heteroatoms. The summed E-state index contributed by atoms with van der Waals surface area (Å²) in [7, 11) is 0. The first-order valence-corrected chi connectivity index (χ1v) is 5.11. The van der Waals surface area contributed by atoms with Crippen LogP contribution in [0.3, 0.4) is 0 Å².